The van der Waals surface area contributed by atoms with Crippen molar-refractivity contribution in [3.63, 3.8) is 0 Å². The minimum absolute atomic E-state index is 0.219. The number of aromatic nitrogens is 5. The van der Waals surface area contributed by atoms with Crippen molar-refractivity contribution < 1.29 is 9.47 Å². The number of fused-ring (bicyclic) bond motifs is 1. The lowest BCUT2D eigenvalue weighted by molar-refractivity contribution is 0.305. The Morgan fingerprint density at radius 2 is 1.73 bits per heavy atom. The number of hydrogen-bond donors (Lipinski definition) is 0. The molecule has 0 radical (unpaired) electrons. The quantitative estimate of drug-likeness (QED) is 0.102. The number of aryl methyl sites for hydroxylation is 1. The Labute approximate surface area is 265 Å². The summed E-state index contributed by atoms with van der Waals surface area (Å²) in [6, 6.07) is 23.6. The number of nitrogens with zero attached hydrogens (tertiary/aromatic N) is 5. The number of hydrogen-bond acceptors (Lipinski definition) is 7. The molecule has 3 aromatic heterocycles. The first kappa shape index (κ1) is 30.0. The molecule has 0 bridgehead atoms. The van der Waals surface area contributed by atoms with Crippen LogP contribution in [-0.2, 0) is 0 Å². The predicted molar refractivity (Wildman–Crippen MR) is 180 cm³/mol. The van der Waals surface area contributed by atoms with Crippen LogP contribution in [0.5, 0.6) is 11.5 Å². The first-order valence-electron chi connectivity index (χ1n) is 15.2. The maximum atomic E-state index is 13.5. The number of thiazole rings is 1. The number of para-hydroxylation sites is 1. The standard InChI is InChI=1S/C36H35N5O3S/c1-4-6-7-11-21-43-30-17-14-26(15-18-30)34-37-36-41(39-34)35(42)32(45-36)23-28-24-40(29-12-9-8-10-13-29)38-33(28)27-16-19-31(25(3)22-27)44-20-5-2/h5,8-10,12-19,22-24H,2,4,6-7,11,20-21H2,1,3H3/b32-23+. The van der Waals surface area contributed by atoms with Crippen molar-refractivity contribution in [2.75, 3.05) is 13.2 Å². The highest BCUT2D eigenvalue weighted by Crippen LogP contribution is 2.29. The zero-order valence-corrected chi connectivity index (χ0v) is 26.3. The average molecular weight is 618 g/mol. The van der Waals surface area contributed by atoms with Crippen molar-refractivity contribution in [3.05, 3.63) is 118 Å². The van der Waals surface area contributed by atoms with Gasteiger partial charge in [0, 0.05) is 22.9 Å². The molecule has 45 heavy (non-hydrogen) atoms. The first-order chi connectivity index (χ1) is 22.0. The fraction of sp³-hybridized carbons (Fsp3) is 0.222. The second-order valence-corrected chi connectivity index (χ2v) is 11.8. The van der Waals surface area contributed by atoms with E-state index in [1.54, 1.807) is 6.08 Å². The van der Waals surface area contributed by atoms with E-state index >= 15 is 0 Å². The van der Waals surface area contributed by atoms with Gasteiger partial charge in [-0.1, -0.05) is 68.4 Å². The van der Waals surface area contributed by atoms with E-state index in [-0.39, 0.29) is 5.56 Å². The highest BCUT2D eigenvalue weighted by Gasteiger charge is 2.16. The van der Waals surface area contributed by atoms with Crippen LogP contribution in [0.25, 0.3) is 39.4 Å². The summed E-state index contributed by atoms with van der Waals surface area (Å²) in [6.45, 7) is 9.07. The van der Waals surface area contributed by atoms with Crippen LogP contribution in [0.1, 0.15) is 43.7 Å². The summed E-state index contributed by atoms with van der Waals surface area (Å²) in [5.74, 6) is 2.12. The number of unbranched alkanes of at least 4 members (excludes halogenated alkanes) is 3. The Hall–Kier alpha value is -5.02. The van der Waals surface area contributed by atoms with Crippen LogP contribution >= 0.6 is 11.3 Å². The Kier molecular flexibility index (Phi) is 9.17. The van der Waals surface area contributed by atoms with Gasteiger partial charge in [0.05, 0.1) is 16.8 Å². The lowest BCUT2D eigenvalue weighted by Gasteiger charge is -2.08. The molecule has 0 aliphatic rings. The maximum Gasteiger partial charge on any atom is 0.291 e. The Bertz CT molecular complexity index is 2030. The van der Waals surface area contributed by atoms with Crippen molar-refractivity contribution in [1.82, 2.24) is 24.4 Å². The molecule has 6 aromatic rings. The highest BCUT2D eigenvalue weighted by atomic mass is 32.1. The SMILES string of the molecule is C=CCOc1ccc(-c2nn(-c3ccccc3)cc2/C=c2/sc3nc(-c4ccc(OCCCCCC)cc4)nn3c2=O)cc1C. The van der Waals surface area contributed by atoms with Gasteiger partial charge in [0.1, 0.15) is 23.8 Å². The van der Waals surface area contributed by atoms with Crippen LogP contribution in [0.15, 0.2) is 96.4 Å². The fourth-order valence-electron chi connectivity index (χ4n) is 5.05. The fourth-order valence-corrected chi connectivity index (χ4v) is 5.95. The summed E-state index contributed by atoms with van der Waals surface area (Å²) in [4.78, 5) is 18.7. The molecular weight excluding hydrogens is 582 g/mol. The van der Waals surface area contributed by atoms with E-state index in [2.05, 4.69) is 23.6 Å². The van der Waals surface area contributed by atoms with Gasteiger partial charge < -0.3 is 9.47 Å². The summed E-state index contributed by atoms with van der Waals surface area (Å²) in [7, 11) is 0. The maximum absolute atomic E-state index is 13.5. The largest absolute Gasteiger partial charge is 0.494 e. The van der Waals surface area contributed by atoms with E-state index < -0.39 is 0 Å². The molecular formula is C36H35N5O3S. The molecule has 3 heterocycles. The van der Waals surface area contributed by atoms with Crippen molar-refractivity contribution in [2.45, 2.75) is 39.5 Å². The molecule has 3 aromatic carbocycles. The van der Waals surface area contributed by atoms with Crippen molar-refractivity contribution >= 4 is 22.4 Å². The molecule has 8 nitrogen and oxygen atoms in total. The van der Waals surface area contributed by atoms with Crippen LogP contribution in [0.3, 0.4) is 0 Å². The number of rotatable bonds is 13. The van der Waals surface area contributed by atoms with E-state index in [0.717, 1.165) is 51.6 Å². The van der Waals surface area contributed by atoms with Crippen molar-refractivity contribution in [1.29, 1.82) is 0 Å². The normalized spacial score (nSPS) is 11.7. The van der Waals surface area contributed by atoms with Gasteiger partial charge in [0.15, 0.2) is 5.82 Å². The molecule has 0 amide bonds. The average Bonchev–Trinajstić information content (AvgIpc) is 3.76. The molecule has 0 aliphatic carbocycles. The lowest BCUT2D eigenvalue weighted by atomic mass is 10.0. The van der Waals surface area contributed by atoms with E-state index in [9.17, 15) is 4.79 Å². The summed E-state index contributed by atoms with van der Waals surface area (Å²) >= 11 is 1.31. The zero-order valence-electron chi connectivity index (χ0n) is 25.5. The first-order valence-corrected chi connectivity index (χ1v) is 16.0. The molecule has 0 fully saturated rings. The van der Waals surface area contributed by atoms with Crippen LogP contribution in [-0.4, -0.2) is 37.6 Å². The molecule has 0 atom stereocenters. The minimum atomic E-state index is -0.219. The Morgan fingerprint density at radius 1 is 0.933 bits per heavy atom. The van der Waals surface area contributed by atoms with Crippen molar-refractivity contribution in [3.8, 4) is 39.8 Å². The van der Waals surface area contributed by atoms with Crippen LogP contribution in [0.4, 0.5) is 0 Å². The van der Waals surface area contributed by atoms with Crippen LogP contribution in [0.2, 0.25) is 0 Å². The smallest absolute Gasteiger partial charge is 0.291 e. The Morgan fingerprint density at radius 3 is 2.47 bits per heavy atom. The van der Waals surface area contributed by atoms with Crippen LogP contribution < -0.4 is 19.6 Å². The topological polar surface area (TPSA) is 83.5 Å². The molecule has 0 saturated heterocycles. The zero-order chi connectivity index (χ0) is 31.2. The third-order valence-electron chi connectivity index (χ3n) is 7.42. The Balaban J connectivity index is 1.31. The highest BCUT2D eigenvalue weighted by molar-refractivity contribution is 7.15. The summed E-state index contributed by atoms with van der Waals surface area (Å²) in [5.41, 5.74) is 5.00. The molecule has 9 heteroatoms. The second kappa shape index (κ2) is 13.7. The van der Waals surface area contributed by atoms with Gasteiger partial charge >= 0.3 is 0 Å². The van der Waals surface area contributed by atoms with E-state index in [0.29, 0.717) is 28.5 Å². The number of ether oxygens (including phenoxy) is 2. The minimum Gasteiger partial charge on any atom is -0.494 e. The number of benzene rings is 3. The predicted octanol–water partition coefficient (Wildman–Crippen LogP) is 7.05. The molecule has 228 valence electrons. The van der Waals surface area contributed by atoms with E-state index in [1.165, 1.54) is 35.1 Å². The van der Waals surface area contributed by atoms with E-state index in [4.69, 9.17) is 14.6 Å². The lowest BCUT2D eigenvalue weighted by Crippen LogP contribution is -2.23. The summed E-state index contributed by atoms with van der Waals surface area (Å²) < 4.78 is 15.4. The van der Waals surface area contributed by atoms with Gasteiger partial charge in [-0.3, -0.25) is 4.79 Å². The van der Waals surface area contributed by atoms with Gasteiger partial charge in [-0.25, -0.2) is 4.68 Å². The van der Waals surface area contributed by atoms with Gasteiger partial charge in [-0.05, 0) is 79.6 Å². The summed E-state index contributed by atoms with van der Waals surface area (Å²) in [6.07, 6.45) is 10.2. The van der Waals surface area contributed by atoms with Crippen LogP contribution in [0, 0.1) is 6.92 Å². The van der Waals surface area contributed by atoms with Gasteiger partial charge in [-0.2, -0.15) is 14.6 Å². The molecule has 0 N–H and O–H groups in total. The van der Waals surface area contributed by atoms with Gasteiger partial charge in [-0.15, -0.1) is 5.10 Å². The van der Waals surface area contributed by atoms with Gasteiger partial charge in [0.25, 0.3) is 5.56 Å². The molecule has 0 saturated carbocycles. The van der Waals surface area contributed by atoms with Crippen molar-refractivity contribution in [2.24, 2.45) is 0 Å². The summed E-state index contributed by atoms with van der Waals surface area (Å²) in [5, 5.41) is 9.48. The molecule has 0 aliphatic heterocycles. The second-order valence-electron chi connectivity index (χ2n) is 10.8. The third-order valence-corrected chi connectivity index (χ3v) is 8.38. The van der Waals surface area contributed by atoms with E-state index in [1.807, 2.05) is 96.7 Å². The monoisotopic (exact) mass is 617 g/mol. The van der Waals surface area contributed by atoms with Gasteiger partial charge in [0.2, 0.25) is 4.96 Å². The molecule has 0 unspecified atom stereocenters. The molecule has 6 rings (SSSR count). The third kappa shape index (κ3) is 6.73. The molecule has 0 spiro atoms.